The van der Waals surface area contributed by atoms with Crippen molar-refractivity contribution in [1.29, 1.82) is 0 Å². The summed E-state index contributed by atoms with van der Waals surface area (Å²) < 4.78 is 5.67. The zero-order valence-electron chi connectivity index (χ0n) is 18.1. The monoisotopic (exact) mass is 428 g/mol. The smallest absolute Gasteiger partial charge is 0.223 e. The van der Waals surface area contributed by atoms with Crippen LogP contribution in [-0.2, 0) is 17.8 Å². The molecule has 1 aliphatic rings. The Morgan fingerprint density at radius 3 is 2.53 bits per heavy atom. The third-order valence-corrected chi connectivity index (χ3v) is 5.73. The minimum Gasteiger partial charge on any atom is -0.491 e. The Morgan fingerprint density at radius 1 is 1.13 bits per heavy atom. The highest BCUT2D eigenvalue weighted by atomic mass is 35.5. The Kier molecular flexibility index (Phi) is 8.59. The van der Waals surface area contributed by atoms with E-state index in [9.17, 15) is 4.79 Å². The molecule has 1 heterocycles. The summed E-state index contributed by atoms with van der Waals surface area (Å²) in [5, 5.41) is 3.91. The Bertz CT molecular complexity index is 799. The lowest BCUT2D eigenvalue weighted by Gasteiger charge is -2.31. The number of nitrogens with zero attached hydrogens (tertiary/aromatic N) is 1. The fraction of sp³-hybridized carbons (Fsp3) is 0.480. The molecule has 0 bridgehead atoms. The number of hydrogen-bond donors (Lipinski definition) is 1. The molecule has 0 atom stereocenters. The fourth-order valence-electron chi connectivity index (χ4n) is 3.90. The van der Waals surface area contributed by atoms with Crippen molar-refractivity contribution in [2.24, 2.45) is 5.92 Å². The summed E-state index contributed by atoms with van der Waals surface area (Å²) in [5.74, 6) is 1.25. The highest BCUT2D eigenvalue weighted by Gasteiger charge is 2.24. The molecule has 0 unspecified atom stereocenters. The highest BCUT2D eigenvalue weighted by Crippen LogP contribution is 2.20. The molecular formula is C25H33ClN2O2. The van der Waals surface area contributed by atoms with E-state index in [2.05, 4.69) is 28.4 Å². The number of ether oxygens (including phenoxy) is 1. The standard InChI is InChI=1S/C25H33ClN2O2/c1-19(2)30-24-10-8-20(9-11-24)6-4-14-27-25(29)22-12-15-28(16-13-22)18-21-5-3-7-23(26)17-21/h3,5,7-11,17,19,22H,4,6,12-16,18H2,1-2H3,(H,27,29). The van der Waals surface area contributed by atoms with Gasteiger partial charge in [-0.3, -0.25) is 9.69 Å². The summed E-state index contributed by atoms with van der Waals surface area (Å²) in [5.41, 5.74) is 2.50. The maximum atomic E-state index is 12.5. The van der Waals surface area contributed by atoms with Crippen LogP contribution in [0.4, 0.5) is 0 Å². The lowest BCUT2D eigenvalue weighted by molar-refractivity contribution is -0.126. The number of nitrogens with one attached hydrogen (secondary N) is 1. The molecule has 4 nitrogen and oxygen atoms in total. The quantitative estimate of drug-likeness (QED) is 0.565. The maximum absolute atomic E-state index is 12.5. The average molecular weight is 429 g/mol. The van der Waals surface area contributed by atoms with Crippen LogP contribution >= 0.6 is 11.6 Å². The lowest BCUT2D eigenvalue weighted by Crippen LogP contribution is -2.40. The molecule has 0 aromatic heterocycles. The first kappa shape index (κ1) is 22.6. The minimum atomic E-state index is 0.132. The van der Waals surface area contributed by atoms with Gasteiger partial charge in [0.15, 0.2) is 0 Å². The van der Waals surface area contributed by atoms with Gasteiger partial charge in [-0.25, -0.2) is 0 Å². The van der Waals surface area contributed by atoms with Gasteiger partial charge in [-0.1, -0.05) is 35.9 Å². The Hall–Kier alpha value is -2.04. The van der Waals surface area contributed by atoms with E-state index in [0.717, 1.165) is 62.6 Å². The van der Waals surface area contributed by atoms with E-state index in [0.29, 0.717) is 0 Å². The molecule has 162 valence electrons. The topological polar surface area (TPSA) is 41.6 Å². The second-order valence-corrected chi connectivity index (χ2v) is 8.82. The van der Waals surface area contributed by atoms with Gasteiger partial charge in [0, 0.05) is 24.0 Å². The zero-order valence-corrected chi connectivity index (χ0v) is 18.8. The summed E-state index contributed by atoms with van der Waals surface area (Å²) >= 11 is 6.07. The Labute approximate surface area is 185 Å². The van der Waals surface area contributed by atoms with Crippen molar-refractivity contribution in [3.05, 3.63) is 64.7 Å². The second-order valence-electron chi connectivity index (χ2n) is 8.39. The summed E-state index contributed by atoms with van der Waals surface area (Å²) in [6.45, 7) is 7.59. The van der Waals surface area contributed by atoms with E-state index >= 15 is 0 Å². The van der Waals surface area contributed by atoms with Gasteiger partial charge in [0.05, 0.1) is 6.10 Å². The van der Waals surface area contributed by atoms with Gasteiger partial charge in [0.25, 0.3) is 0 Å². The molecule has 2 aromatic rings. The van der Waals surface area contributed by atoms with Crippen molar-refractivity contribution in [2.45, 2.75) is 52.2 Å². The Morgan fingerprint density at radius 2 is 1.87 bits per heavy atom. The van der Waals surface area contributed by atoms with Crippen LogP contribution in [0.1, 0.15) is 44.2 Å². The number of halogens is 1. The van der Waals surface area contributed by atoms with E-state index in [1.54, 1.807) is 0 Å². The number of rotatable bonds is 9. The molecule has 1 amide bonds. The number of piperidine rings is 1. The largest absolute Gasteiger partial charge is 0.491 e. The van der Waals surface area contributed by atoms with E-state index < -0.39 is 0 Å². The predicted octanol–water partition coefficient (Wildman–Crippen LogP) is 5.09. The van der Waals surface area contributed by atoms with Gasteiger partial charge in [-0.2, -0.15) is 0 Å². The number of amides is 1. The third kappa shape index (κ3) is 7.33. The van der Waals surface area contributed by atoms with Crippen molar-refractivity contribution in [3.8, 4) is 5.75 Å². The second kappa shape index (κ2) is 11.4. The van der Waals surface area contributed by atoms with Crippen molar-refractivity contribution in [2.75, 3.05) is 19.6 Å². The molecule has 1 aliphatic heterocycles. The van der Waals surface area contributed by atoms with Crippen molar-refractivity contribution in [1.82, 2.24) is 10.2 Å². The molecule has 1 saturated heterocycles. The van der Waals surface area contributed by atoms with E-state index in [4.69, 9.17) is 16.3 Å². The van der Waals surface area contributed by atoms with Gasteiger partial charge in [0.1, 0.15) is 5.75 Å². The Balaban J connectivity index is 1.32. The number of aryl methyl sites for hydroxylation is 1. The summed E-state index contributed by atoms with van der Waals surface area (Å²) in [6.07, 6.45) is 3.94. The minimum absolute atomic E-state index is 0.132. The van der Waals surface area contributed by atoms with Crippen molar-refractivity contribution in [3.63, 3.8) is 0 Å². The molecule has 30 heavy (non-hydrogen) atoms. The van der Waals surface area contributed by atoms with Gasteiger partial charge < -0.3 is 10.1 Å². The molecule has 1 fully saturated rings. The average Bonchev–Trinajstić information content (AvgIpc) is 2.72. The van der Waals surface area contributed by atoms with Crippen LogP contribution < -0.4 is 10.1 Å². The predicted molar refractivity (Wildman–Crippen MR) is 123 cm³/mol. The normalized spacial score (nSPS) is 15.3. The van der Waals surface area contributed by atoms with Gasteiger partial charge in [0.2, 0.25) is 5.91 Å². The van der Waals surface area contributed by atoms with Crippen molar-refractivity contribution < 1.29 is 9.53 Å². The van der Waals surface area contributed by atoms with E-state index in [1.165, 1.54) is 11.1 Å². The highest BCUT2D eigenvalue weighted by molar-refractivity contribution is 6.30. The van der Waals surface area contributed by atoms with Crippen LogP contribution in [0.5, 0.6) is 5.75 Å². The molecular weight excluding hydrogens is 396 g/mol. The van der Waals surface area contributed by atoms with E-state index in [-0.39, 0.29) is 17.9 Å². The first-order chi connectivity index (χ1) is 14.5. The summed E-state index contributed by atoms with van der Waals surface area (Å²) in [7, 11) is 0. The number of benzene rings is 2. The first-order valence-corrected chi connectivity index (χ1v) is 11.4. The van der Waals surface area contributed by atoms with E-state index in [1.807, 2.05) is 44.2 Å². The van der Waals surface area contributed by atoms with Crippen molar-refractivity contribution >= 4 is 17.5 Å². The summed E-state index contributed by atoms with van der Waals surface area (Å²) in [6, 6.07) is 16.3. The van der Waals surface area contributed by atoms with Crippen LogP contribution in [-0.4, -0.2) is 36.5 Å². The molecule has 5 heteroatoms. The van der Waals surface area contributed by atoms with Crippen LogP contribution in [0.3, 0.4) is 0 Å². The first-order valence-electron chi connectivity index (χ1n) is 11.0. The molecule has 1 N–H and O–H groups in total. The molecule has 0 radical (unpaired) electrons. The number of carbonyl (C=O) groups is 1. The zero-order chi connectivity index (χ0) is 21.3. The van der Waals surface area contributed by atoms with Gasteiger partial charge >= 0.3 is 0 Å². The lowest BCUT2D eigenvalue weighted by atomic mass is 9.95. The third-order valence-electron chi connectivity index (χ3n) is 5.49. The van der Waals surface area contributed by atoms with Crippen LogP contribution in [0.15, 0.2) is 48.5 Å². The maximum Gasteiger partial charge on any atom is 0.223 e. The fourth-order valence-corrected chi connectivity index (χ4v) is 4.11. The molecule has 0 spiro atoms. The van der Waals surface area contributed by atoms with Gasteiger partial charge in [-0.05, 0) is 88.0 Å². The van der Waals surface area contributed by atoms with Crippen LogP contribution in [0.2, 0.25) is 5.02 Å². The molecule has 2 aromatic carbocycles. The van der Waals surface area contributed by atoms with Crippen LogP contribution in [0, 0.1) is 5.92 Å². The number of carbonyl (C=O) groups excluding carboxylic acids is 1. The molecule has 0 saturated carbocycles. The molecule has 0 aliphatic carbocycles. The number of likely N-dealkylation sites (tertiary alicyclic amines) is 1. The number of hydrogen-bond acceptors (Lipinski definition) is 3. The van der Waals surface area contributed by atoms with Gasteiger partial charge in [-0.15, -0.1) is 0 Å². The SMILES string of the molecule is CC(C)Oc1ccc(CCCNC(=O)C2CCN(Cc3cccc(Cl)c3)CC2)cc1. The summed E-state index contributed by atoms with van der Waals surface area (Å²) in [4.78, 5) is 14.9. The molecule has 3 rings (SSSR count). The van der Waals surface area contributed by atoms with Crippen LogP contribution in [0.25, 0.3) is 0 Å².